The van der Waals surface area contributed by atoms with E-state index in [-0.39, 0.29) is 18.3 Å². The van der Waals surface area contributed by atoms with Crippen LogP contribution in [0.15, 0.2) is 42.5 Å². The Morgan fingerprint density at radius 3 is 2.32 bits per heavy atom. The highest BCUT2D eigenvalue weighted by Gasteiger charge is 2.15. The molecule has 6 nitrogen and oxygen atoms in total. The molecule has 1 amide bonds. The highest BCUT2D eigenvalue weighted by Crippen LogP contribution is 2.15. The zero-order chi connectivity index (χ0) is 20.3. The minimum absolute atomic E-state index is 0.293. The summed E-state index contributed by atoms with van der Waals surface area (Å²) >= 11 is 0. The normalized spacial score (nSPS) is 10.7. The van der Waals surface area contributed by atoms with E-state index in [1.165, 1.54) is 17.0 Å². The summed E-state index contributed by atoms with van der Waals surface area (Å²) in [6, 6.07) is 10.8. The molecule has 1 aromatic heterocycles. The fourth-order valence-corrected chi connectivity index (χ4v) is 2.63. The Kier molecular flexibility index (Phi) is 5.63. The van der Waals surface area contributed by atoms with Crippen LogP contribution >= 0.6 is 0 Å². The molecule has 0 aliphatic rings. The van der Waals surface area contributed by atoms with E-state index in [9.17, 15) is 14.0 Å². The van der Waals surface area contributed by atoms with Crippen molar-refractivity contribution in [1.82, 2.24) is 14.9 Å². The largest absolute Gasteiger partial charge is 0.452 e. The highest BCUT2D eigenvalue weighted by molar-refractivity contribution is 5.94. The number of carbonyl (C=O) groups is 2. The SMILES string of the molecule is Cc1nc2ccc(C(=O)OCC(=O)N(C)Cc3ccc(F)cc3)cc2nc1C. The molecule has 7 heteroatoms. The monoisotopic (exact) mass is 381 g/mol. The van der Waals surface area contributed by atoms with Crippen LogP contribution in [0, 0.1) is 19.7 Å². The predicted octanol–water partition coefficient (Wildman–Crippen LogP) is 3.20. The fourth-order valence-electron chi connectivity index (χ4n) is 2.63. The van der Waals surface area contributed by atoms with E-state index in [1.807, 2.05) is 13.8 Å². The van der Waals surface area contributed by atoms with Crippen molar-refractivity contribution < 1.29 is 18.7 Å². The summed E-state index contributed by atoms with van der Waals surface area (Å²) in [5.41, 5.74) is 3.99. The quantitative estimate of drug-likeness (QED) is 0.635. The molecule has 0 aliphatic heterocycles. The molecular weight excluding hydrogens is 361 g/mol. The maximum absolute atomic E-state index is 12.9. The number of aromatic nitrogens is 2. The van der Waals surface area contributed by atoms with E-state index in [1.54, 1.807) is 37.4 Å². The molecule has 0 saturated carbocycles. The van der Waals surface area contributed by atoms with Crippen molar-refractivity contribution in [3.05, 3.63) is 70.8 Å². The van der Waals surface area contributed by atoms with E-state index in [2.05, 4.69) is 9.97 Å². The number of hydrogen-bond acceptors (Lipinski definition) is 5. The minimum Gasteiger partial charge on any atom is -0.452 e. The van der Waals surface area contributed by atoms with Gasteiger partial charge in [-0.2, -0.15) is 0 Å². The molecule has 0 spiro atoms. The number of carbonyl (C=O) groups excluding carboxylic acids is 2. The number of amides is 1. The molecule has 0 fully saturated rings. The molecule has 0 bridgehead atoms. The maximum Gasteiger partial charge on any atom is 0.338 e. The second-order valence-corrected chi connectivity index (χ2v) is 6.55. The van der Waals surface area contributed by atoms with Crippen LogP contribution in [0.5, 0.6) is 0 Å². The van der Waals surface area contributed by atoms with Gasteiger partial charge < -0.3 is 9.64 Å². The van der Waals surface area contributed by atoms with Crippen molar-refractivity contribution in [2.24, 2.45) is 0 Å². The molecule has 144 valence electrons. The number of rotatable bonds is 5. The topological polar surface area (TPSA) is 72.4 Å². The number of halogens is 1. The summed E-state index contributed by atoms with van der Waals surface area (Å²) in [7, 11) is 1.59. The number of esters is 1. The molecule has 0 aliphatic carbocycles. The summed E-state index contributed by atoms with van der Waals surface area (Å²) < 4.78 is 18.1. The van der Waals surface area contributed by atoms with Gasteiger partial charge >= 0.3 is 5.97 Å². The maximum atomic E-state index is 12.9. The number of aryl methyl sites for hydroxylation is 2. The molecule has 0 N–H and O–H groups in total. The number of benzene rings is 2. The number of hydrogen-bond donors (Lipinski definition) is 0. The number of fused-ring (bicyclic) bond motifs is 1. The molecule has 28 heavy (non-hydrogen) atoms. The van der Waals surface area contributed by atoms with Crippen LogP contribution in [-0.4, -0.2) is 40.4 Å². The molecular formula is C21H20FN3O3. The summed E-state index contributed by atoms with van der Waals surface area (Å²) in [6.07, 6.45) is 0. The van der Waals surface area contributed by atoms with Gasteiger partial charge in [0.2, 0.25) is 0 Å². The Morgan fingerprint density at radius 2 is 1.64 bits per heavy atom. The van der Waals surface area contributed by atoms with Crippen LogP contribution in [0.2, 0.25) is 0 Å². The van der Waals surface area contributed by atoms with Crippen LogP contribution in [0.25, 0.3) is 11.0 Å². The molecule has 0 atom stereocenters. The van der Waals surface area contributed by atoms with Crippen molar-refractivity contribution in [2.45, 2.75) is 20.4 Å². The molecule has 2 aromatic carbocycles. The number of likely N-dealkylation sites (N-methyl/N-ethyl adjacent to an activating group) is 1. The molecule has 0 unspecified atom stereocenters. The van der Waals surface area contributed by atoms with Crippen LogP contribution < -0.4 is 0 Å². The van der Waals surface area contributed by atoms with Gasteiger partial charge in [0.25, 0.3) is 5.91 Å². The van der Waals surface area contributed by atoms with E-state index in [4.69, 9.17) is 4.74 Å². The van der Waals surface area contributed by atoms with Gasteiger partial charge in [-0.05, 0) is 49.7 Å². The van der Waals surface area contributed by atoms with E-state index in [0.717, 1.165) is 17.0 Å². The first kappa shape index (κ1) is 19.4. The summed E-state index contributed by atoms with van der Waals surface area (Å²) in [5, 5.41) is 0. The number of nitrogens with zero attached hydrogens (tertiary/aromatic N) is 3. The second-order valence-electron chi connectivity index (χ2n) is 6.55. The summed E-state index contributed by atoms with van der Waals surface area (Å²) in [6.45, 7) is 3.63. The smallest absolute Gasteiger partial charge is 0.338 e. The van der Waals surface area contributed by atoms with Gasteiger partial charge in [-0.25, -0.2) is 19.2 Å². The van der Waals surface area contributed by atoms with Crippen LogP contribution in [0.3, 0.4) is 0 Å². The molecule has 3 rings (SSSR count). The Labute approximate surface area is 162 Å². The highest BCUT2D eigenvalue weighted by atomic mass is 19.1. The van der Waals surface area contributed by atoms with Crippen LogP contribution in [0.1, 0.15) is 27.3 Å². The van der Waals surface area contributed by atoms with Gasteiger partial charge in [-0.15, -0.1) is 0 Å². The zero-order valence-electron chi connectivity index (χ0n) is 15.9. The third kappa shape index (κ3) is 4.49. The Morgan fingerprint density at radius 1 is 1.00 bits per heavy atom. The standard InChI is InChI=1S/C21H20FN3O3/c1-13-14(2)24-19-10-16(6-9-18(19)23-13)21(27)28-12-20(26)25(3)11-15-4-7-17(22)8-5-15/h4-10H,11-12H2,1-3H3. The average molecular weight is 381 g/mol. The van der Waals surface area contributed by atoms with Gasteiger partial charge in [-0.3, -0.25) is 4.79 Å². The first-order valence-electron chi connectivity index (χ1n) is 8.74. The average Bonchev–Trinajstić information content (AvgIpc) is 2.68. The fraction of sp³-hybridized carbons (Fsp3) is 0.238. The third-order valence-corrected chi connectivity index (χ3v) is 4.40. The minimum atomic E-state index is -0.606. The molecule has 1 heterocycles. The first-order chi connectivity index (χ1) is 13.3. The van der Waals surface area contributed by atoms with Crippen LogP contribution in [-0.2, 0) is 16.1 Å². The van der Waals surface area contributed by atoms with Crippen molar-refractivity contribution in [2.75, 3.05) is 13.7 Å². The number of ether oxygens (including phenoxy) is 1. The lowest BCUT2D eigenvalue weighted by molar-refractivity contribution is -0.133. The summed E-state index contributed by atoms with van der Waals surface area (Å²) in [4.78, 5) is 34.7. The lowest BCUT2D eigenvalue weighted by Crippen LogP contribution is -2.30. The Balaban J connectivity index is 1.61. The van der Waals surface area contributed by atoms with E-state index < -0.39 is 5.97 Å². The summed E-state index contributed by atoms with van der Waals surface area (Å²) in [5.74, 6) is -1.30. The Bertz CT molecular complexity index is 1030. The first-order valence-corrected chi connectivity index (χ1v) is 8.74. The molecule has 0 saturated heterocycles. The van der Waals surface area contributed by atoms with Crippen molar-refractivity contribution in [3.63, 3.8) is 0 Å². The van der Waals surface area contributed by atoms with Gasteiger partial charge in [0, 0.05) is 13.6 Å². The Hall–Kier alpha value is -3.35. The van der Waals surface area contributed by atoms with Gasteiger partial charge in [0.1, 0.15) is 5.82 Å². The van der Waals surface area contributed by atoms with Crippen molar-refractivity contribution >= 4 is 22.9 Å². The van der Waals surface area contributed by atoms with E-state index >= 15 is 0 Å². The van der Waals surface area contributed by atoms with Crippen molar-refractivity contribution in [3.8, 4) is 0 Å². The predicted molar refractivity (Wildman–Crippen MR) is 102 cm³/mol. The van der Waals surface area contributed by atoms with Gasteiger partial charge in [0.15, 0.2) is 6.61 Å². The van der Waals surface area contributed by atoms with Crippen molar-refractivity contribution in [1.29, 1.82) is 0 Å². The lowest BCUT2D eigenvalue weighted by atomic mass is 10.2. The van der Waals surface area contributed by atoms with Gasteiger partial charge in [0.05, 0.1) is 28.0 Å². The molecule has 0 radical (unpaired) electrons. The second kappa shape index (κ2) is 8.12. The molecule has 3 aromatic rings. The van der Waals surface area contributed by atoms with Crippen LogP contribution in [0.4, 0.5) is 4.39 Å². The zero-order valence-corrected chi connectivity index (χ0v) is 15.9. The van der Waals surface area contributed by atoms with Gasteiger partial charge in [-0.1, -0.05) is 12.1 Å². The lowest BCUT2D eigenvalue weighted by Gasteiger charge is -2.17. The third-order valence-electron chi connectivity index (χ3n) is 4.40. The van der Waals surface area contributed by atoms with E-state index in [0.29, 0.717) is 23.1 Å².